The Morgan fingerprint density at radius 3 is 2.86 bits per heavy atom. The lowest BCUT2D eigenvalue weighted by Gasteiger charge is -2.34. The van der Waals surface area contributed by atoms with E-state index in [1.54, 1.807) is 23.0 Å². The maximum Gasteiger partial charge on any atom is 0.274 e. The maximum absolute atomic E-state index is 13.3. The van der Waals surface area contributed by atoms with Crippen LogP contribution in [0, 0.1) is 6.92 Å². The van der Waals surface area contributed by atoms with E-state index in [1.165, 1.54) is 5.56 Å². The van der Waals surface area contributed by atoms with Crippen molar-refractivity contribution >= 4 is 11.6 Å². The van der Waals surface area contributed by atoms with Crippen LogP contribution in [0.2, 0.25) is 0 Å². The Hall–Kier alpha value is -3.55. The molecular formula is C20H19N7O. The van der Waals surface area contributed by atoms with Gasteiger partial charge in [0.2, 0.25) is 0 Å². The van der Waals surface area contributed by atoms with Crippen LogP contribution in [0.3, 0.4) is 0 Å². The highest BCUT2D eigenvalue weighted by atomic mass is 16.2. The SMILES string of the molecule is Cc1nnc2n1[C@H](Cc1ccccc1)CN(C(=O)c1cnc3cccnn13)C2. The number of amides is 1. The topological polar surface area (TPSA) is 81.2 Å². The van der Waals surface area contributed by atoms with Crippen molar-refractivity contribution in [3.05, 3.63) is 77.8 Å². The van der Waals surface area contributed by atoms with Crippen LogP contribution in [-0.4, -0.2) is 46.7 Å². The van der Waals surface area contributed by atoms with Gasteiger partial charge in [-0.15, -0.1) is 10.2 Å². The zero-order valence-electron chi connectivity index (χ0n) is 15.4. The summed E-state index contributed by atoms with van der Waals surface area (Å²) in [5, 5.41) is 12.8. The largest absolute Gasteiger partial charge is 0.328 e. The summed E-state index contributed by atoms with van der Waals surface area (Å²) < 4.78 is 3.74. The third kappa shape index (κ3) is 2.74. The summed E-state index contributed by atoms with van der Waals surface area (Å²) in [6, 6.07) is 14.0. The molecule has 1 amide bonds. The Kier molecular flexibility index (Phi) is 3.89. The molecule has 28 heavy (non-hydrogen) atoms. The molecule has 0 saturated heterocycles. The van der Waals surface area contributed by atoms with Gasteiger partial charge in [-0.05, 0) is 31.0 Å². The Morgan fingerprint density at radius 2 is 2.00 bits per heavy atom. The molecule has 1 aromatic carbocycles. The average Bonchev–Trinajstić information content (AvgIpc) is 3.32. The van der Waals surface area contributed by atoms with Gasteiger partial charge in [0.15, 0.2) is 17.2 Å². The Morgan fingerprint density at radius 1 is 1.14 bits per heavy atom. The molecule has 0 aliphatic carbocycles. The summed E-state index contributed by atoms with van der Waals surface area (Å²) in [4.78, 5) is 19.4. The molecule has 4 heterocycles. The summed E-state index contributed by atoms with van der Waals surface area (Å²) >= 11 is 0. The van der Waals surface area contributed by atoms with Gasteiger partial charge >= 0.3 is 0 Å². The number of aromatic nitrogens is 6. The molecule has 0 fully saturated rings. The average molecular weight is 373 g/mol. The number of benzene rings is 1. The number of rotatable bonds is 3. The molecule has 1 aliphatic rings. The summed E-state index contributed by atoms with van der Waals surface area (Å²) in [6.07, 6.45) is 4.04. The molecule has 4 aromatic rings. The lowest BCUT2D eigenvalue weighted by atomic mass is 10.0. The number of hydrogen-bond donors (Lipinski definition) is 0. The van der Waals surface area contributed by atoms with Crippen molar-refractivity contribution in [1.82, 2.24) is 34.3 Å². The predicted octanol–water partition coefficient (Wildman–Crippen LogP) is 2.07. The number of hydrogen-bond acceptors (Lipinski definition) is 5. The van der Waals surface area contributed by atoms with Crippen molar-refractivity contribution in [2.45, 2.75) is 25.9 Å². The molecule has 0 radical (unpaired) electrons. The first kappa shape index (κ1) is 16.6. The van der Waals surface area contributed by atoms with E-state index in [0.717, 1.165) is 18.1 Å². The fraction of sp³-hybridized carbons (Fsp3) is 0.250. The molecule has 3 aromatic heterocycles. The Balaban J connectivity index is 1.49. The van der Waals surface area contributed by atoms with E-state index in [-0.39, 0.29) is 11.9 Å². The summed E-state index contributed by atoms with van der Waals surface area (Å²) in [5.74, 6) is 1.58. The van der Waals surface area contributed by atoms with Crippen LogP contribution in [0.4, 0.5) is 0 Å². The van der Waals surface area contributed by atoms with Crippen molar-refractivity contribution in [3.8, 4) is 0 Å². The van der Waals surface area contributed by atoms with Crippen LogP contribution in [0.1, 0.15) is 33.7 Å². The Bertz CT molecular complexity index is 1150. The third-order valence-electron chi connectivity index (χ3n) is 5.16. The normalized spacial score (nSPS) is 16.3. The van der Waals surface area contributed by atoms with Gasteiger partial charge in [0.05, 0.1) is 18.8 Å². The molecular weight excluding hydrogens is 354 g/mol. The van der Waals surface area contributed by atoms with Crippen molar-refractivity contribution in [2.24, 2.45) is 0 Å². The molecule has 8 heteroatoms. The van der Waals surface area contributed by atoms with Crippen LogP contribution in [0.5, 0.6) is 0 Å². The van der Waals surface area contributed by atoms with E-state index < -0.39 is 0 Å². The van der Waals surface area contributed by atoms with Gasteiger partial charge in [0, 0.05) is 12.7 Å². The van der Waals surface area contributed by atoms with Gasteiger partial charge in [-0.3, -0.25) is 4.79 Å². The predicted molar refractivity (Wildman–Crippen MR) is 102 cm³/mol. The van der Waals surface area contributed by atoms with E-state index in [4.69, 9.17) is 0 Å². The maximum atomic E-state index is 13.3. The first-order chi connectivity index (χ1) is 13.7. The molecule has 140 valence electrons. The first-order valence-corrected chi connectivity index (χ1v) is 9.23. The zero-order valence-corrected chi connectivity index (χ0v) is 15.4. The van der Waals surface area contributed by atoms with Gasteiger partial charge < -0.3 is 9.47 Å². The van der Waals surface area contributed by atoms with Crippen LogP contribution in [0.15, 0.2) is 54.9 Å². The van der Waals surface area contributed by atoms with E-state index in [2.05, 4.69) is 37.0 Å². The highest BCUT2D eigenvalue weighted by molar-refractivity contribution is 5.93. The van der Waals surface area contributed by atoms with Crippen molar-refractivity contribution < 1.29 is 4.79 Å². The molecule has 1 aliphatic heterocycles. The fourth-order valence-electron chi connectivity index (χ4n) is 3.90. The van der Waals surface area contributed by atoms with E-state index in [1.807, 2.05) is 36.1 Å². The second-order valence-corrected chi connectivity index (χ2v) is 7.00. The van der Waals surface area contributed by atoms with E-state index >= 15 is 0 Å². The monoisotopic (exact) mass is 373 g/mol. The van der Waals surface area contributed by atoms with Crippen molar-refractivity contribution in [3.63, 3.8) is 0 Å². The minimum Gasteiger partial charge on any atom is -0.328 e. The molecule has 8 nitrogen and oxygen atoms in total. The van der Waals surface area contributed by atoms with Crippen LogP contribution in [0.25, 0.3) is 5.65 Å². The van der Waals surface area contributed by atoms with Gasteiger partial charge in [-0.2, -0.15) is 5.10 Å². The van der Waals surface area contributed by atoms with Crippen LogP contribution < -0.4 is 0 Å². The first-order valence-electron chi connectivity index (χ1n) is 9.23. The number of nitrogens with zero attached hydrogens (tertiary/aromatic N) is 7. The Labute approximate surface area is 161 Å². The number of carbonyl (C=O) groups is 1. The van der Waals surface area contributed by atoms with Gasteiger partial charge in [-0.25, -0.2) is 9.50 Å². The summed E-state index contributed by atoms with van der Waals surface area (Å²) in [5.41, 5.74) is 2.33. The van der Waals surface area contributed by atoms with E-state index in [0.29, 0.717) is 24.4 Å². The second kappa shape index (κ2) is 6.56. The summed E-state index contributed by atoms with van der Waals surface area (Å²) in [6.45, 7) is 2.96. The van der Waals surface area contributed by atoms with Crippen LogP contribution >= 0.6 is 0 Å². The lowest BCUT2D eigenvalue weighted by Crippen LogP contribution is -2.42. The van der Waals surface area contributed by atoms with Crippen molar-refractivity contribution in [1.29, 1.82) is 0 Å². The molecule has 0 bridgehead atoms. The highest BCUT2D eigenvalue weighted by Gasteiger charge is 2.32. The fourth-order valence-corrected chi connectivity index (χ4v) is 3.90. The minimum absolute atomic E-state index is 0.0808. The second-order valence-electron chi connectivity index (χ2n) is 7.00. The molecule has 0 N–H and O–H groups in total. The van der Waals surface area contributed by atoms with Gasteiger partial charge in [-0.1, -0.05) is 30.3 Å². The van der Waals surface area contributed by atoms with Crippen molar-refractivity contribution in [2.75, 3.05) is 6.54 Å². The molecule has 1 atom stereocenters. The highest BCUT2D eigenvalue weighted by Crippen LogP contribution is 2.26. The number of fused-ring (bicyclic) bond motifs is 2. The number of carbonyl (C=O) groups excluding carboxylic acids is 1. The number of imidazole rings is 1. The van der Waals surface area contributed by atoms with Gasteiger partial charge in [0.25, 0.3) is 5.91 Å². The third-order valence-corrected chi connectivity index (χ3v) is 5.16. The minimum atomic E-state index is -0.101. The zero-order chi connectivity index (χ0) is 19.1. The molecule has 5 rings (SSSR count). The molecule has 0 saturated carbocycles. The quantitative estimate of drug-likeness (QED) is 0.549. The number of aryl methyl sites for hydroxylation is 1. The van der Waals surface area contributed by atoms with Crippen LogP contribution in [-0.2, 0) is 13.0 Å². The molecule has 0 spiro atoms. The lowest BCUT2D eigenvalue weighted by molar-refractivity contribution is 0.0663. The molecule has 0 unspecified atom stereocenters. The smallest absolute Gasteiger partial charge is 0.274 e. The van der Waals surface area contributed by atoms with E-state index in [9.17, 15) is 4.79 Å². The summed E-state index contributed by atoms with van der Waals surface area (Å²) in [7, 11) is 0. The van der Waals surface area contributed by atoms with Gasteiger partial charge in [0.1, 0.15) is 5.82 Å². The standard InChI is InChI=1S/C20H19N7O/c1-14-23-24-19-13-25(12-16(26(14)19)10-15-6-3-2-4-7-15)20(28)17-11-21-18-8-5-9-22-27(17)18/h2-9,11,16H,10,12-13H2,1H3/t16-/m1/s1.